The van der Waals surface area contributed by atoms with Gasteiger partial charge >= 0.3 is 6.18 Å². The molecule has 4 N–H and O–H groups in total. The van der Waals surface area contributed by atoms with Crippen molar-refractivity contribution in [3.05, 3.63) is 29.3 Å². The number of benzene rings is 1. The number of methoxy groups -OCH3 is 1. The predicted octanol–water partition coefficient (Wildman–Crippen LogP) is 2.84. The van der Waals surface area contributed by atoms with Gasteiger partial charge in [0, 0.05) is 6.04 Å². The van der Waals surface area contributed by atoms with Gasteiger partial charge in [0.15, 0.2) is 0 Å². The molecule has 0 radical (unpaired) electrons. The maximum Gasteiger partial charge on any atom is 0.416 e. The first-order valence-corrected chi connectivity index (χ1v) is 6.10. The molecule has 0 aliphatic carbocycles. The highest BCUT2D eigenvalue weighted by Gasteiger charge is 2.31. The molecular formula is C13H19F3N2O. The van der Waals surface area contributed by atoms with Gasteiger partial charge in [0.05, 0.1) is 12.7 Å². The normalized spacial score (nSPS) is 13.4. The van der Waals surface area contributed by atoms with E-state index in [2.05, 4.69) is 0 Å². The second-order valence-electron chi connectivity index (χ2n) is 4.38. The van der Waals surface area contributed by atoms with Crippen molar-refractivity contribution in [1.82, 2.24) is 0 Å². The Morgan fingerprint density at radius 1 is 1.21 bits per heavy atom. The summed E-state index contributed by atoms with van der Waals surface area (Å²) in [5.41, 5.74) is 11.0. The summed E-state index contributed by atoms with van der Waals surface area (Å²) in [5, 5.41) is 0. The highest BCUT2D eigenvalue weighted by Crippen LogP contribution is 2.34. The lowest BCUT2D eigenvalue weighted by molar-refractivity contribution is -0.137. The molecule has 1 aromatic carbocycles. The van der Waals surface area contributed by atoms with Crippen LogP contribution in [0, 0.1) is 0 Å². The minimum absolute atomic E-state index is 0.166. The fourth-order valence-corrected chi connectivity index (χ4v) is 1.79. The molecule has 0 aromatic heterocycles. The fourth-order valence-electron chi connectivity index (χ4n) is 1.79. The third kappa shape index (κ3) is 4.72. The Bertz CT molecular complexity index is 407. The van der Waals surface area contributed by atoms with Crippen LogP contribution in [0.1, 0.15) is 36.4 Å². The standard InChI is InChI=1S/C13H19F3N2O/c1-19-11-7-9(12(18)4-2-3-5-17)6-10(8-11)13(14,15)16/h6-8,12H,2-5,17-18H2,1H3/t12-/m1/s1. The number of unbranched alkanes of at least 4 members (excludes halogenated alkanes) is 1. The van der Waals surface area contributed by atoms with E-state index in [9.17, 15) is 13.2 Å². The summed E-state index contributed by atoms with van der Waals surface area (Å²) in [6.07, 6.45) is -2.21. The van der Waals surface area contributed by atoms with Crippen LogP contribution in [0.25, 0.3) is 0 Å². The average Bonchev–Trinajstić information content (AvgIpc) is 2.37. The summed E-state index contributed by atoms with van der Waals surface area (Å²) in [6.45, 7) is 0.554. The molecule has 0 amide bonds. The first-order chi connectivity index (χ1) is 8.88. The first-order valence-electron chi connectivity index (χ1n) is 6.10. The Balaban J connectivity index is 2.93. The second-order valence-corrected chi connectivity index (χ2v) is 4.38. The molecule has 0 aliphatic heterocycles. The molecule has 1 rings (SSSR count). The van der Waals surface area contributed by atoms with Crippen LogP contribution in [0.3, 0.4) is 0 Å². The quantitative estimate of drug-likeness (QED) is 0.785. The highest BCUT2D eigenvalue weighted by molar-refractivity contribution is 5.37. The molecule has 108 valence electrons. The highest BCUT2D eigenvalue weighted by atomic mass is 19.4. The van der Waals surface area contributed by atoms with Crippen LogP contribution in [0.5, 0.6) is 5.75 Å². The number of hydrogen-bond donors (Lipinski definition) is 2. The molecule has 19 heavy (non-hydrogen) atoms. The molecule has 3 nitrogen and oxygen atoms in total. The maximum absolute atomic E-state index is 12.7. The van der Waals surface area contributed by atoms with Gasteiger partial charge in [0.25, 0.3) is 0 Å². The predicted molar refractivity (Wildman–Crippen MR) is 67.8 cm³/mol. The van der Waals surface area contributed by atoms with E-state index in [4.69, 9.17) is 16.2 Å². The van der Waals surface area contributed by atoms with Crippen molar-refractivity contribution in [3.63, 3.8) is 0 Å². The Hall–Kier alpha value is -1.27. The maximum atomic E-state index is 12.7. The molecule has 0 aliphatic rings. The molecule has 1 atom stereocenters. The molecule has 0 fully saturated rings. The molecule has 0 bridgehead atoms. The third-order valence-electron chi connectivity index (χ3n) is 2.89. The molecule has 0 saturated heterocycles. The lowest BCUT2D eigenvalue weighted by Gasteiger charge is -2.16. The van der Waals surface area contributed by atoms with Crippen molar-refractivity contribution >= 4 is 0 Å². The lowest BCUT2D eigenvalue weighted by Crippen LogP contribution is -2.13. The second kappa shape index (κ2) is 6.77. The van der Waals surface area contributed by atoms with Gasteiger partial charge in [-0.3, -0.25) is 0 Å². The van der Waals surface area contributed by atoms with Gasteiger partial charge < -0.3 is 16.2 Å². The van der Waals surface area contributed by atoms with Crippen LogP contribution in [-0.2, 0) is 6.18 Å². The SMILES string of the molecule is COc1cc([C@H](N)CCCCN)cc(C(F)(F)F)c1. The largest absolute Gasteiger partial charge is 0.497 e. The van der Waals surface area contributed by atoms with Crippen molar-refractivity contribution in [2.75, 3.05) is 13.7 Å². The first kappa shape index (κ1) is 15.8. The summed E-state index contributed by atoms with van der Waals surface area (Å²) in [5.74, 6) is 0.166. The van der Waals surface area contributed by atoms with Crippen molar-refractivity contribution in [2.45, 2.75) is 31.5 Å². The smallest absolute Gasteiger partial charge is 0.416 e. The average molecular weight is 276 g/mol. The van der Waals surface area contributed by atoms with E-state index < -0.39 is 17.8 Å². The van der Waals surface area contributed by atoms with E-state index in [1.54, 1.807) is 6.07 Å². The zero-order valence-corrected chi connectivity index (χ0v) is 10.8. The number of rotatable bonds is 6. The zero-order chi connectivity index (χ0) is 14.5. The van der Waals surface area contributed by atoms with Gasteiger partial charge in [0.1, 0.15) is 5.75 Å². The van der Waals surface area contributed by atoms with Gasteiger partial charge in [-0.15, -0.1) is 0 Å². The molecule has 0 heterocycles. The van der Waals surface area contributed by atoms with Crippen LogP contribution in [0.2, 0.25) is 0 Å². The van der Waals surface area contributed by atoms with Gasteiger partial charge in [-0.25, -0.2) is 0 Å². The lowest BCUT2D eigenvalue weighted by atomic mass is 9.99. The summed E-state index contributed by atoms with van der Waals surface area (Å²) in [4.78, 5) is 0. The van der Waals surface area contributed by atoms with Crippen LogP contribution >= 0.6 is 0 Å². The third-order valence-corrected chi connectivity index (χ3v) is 2.89. The molecule has 0 unspecified atom stereocenters. The molecule has 1 aromatic rings. The van der Waals surface area contributed by atoms with Crippen molar-refractivity contribution in [3.8, 4) is 5.75 Å². The van der Waals surface area contributed by atoms with Crippen molar-refractivity contribution < 1.29 is 17.9 Å². The van der Waals surface area contributed by atoms with Gasteiger partial charge in [-0.1, -0.05) is 6.42 Å². The Labute approximate surface area is 110 Å². The fraction of sp³-hybridized carbons (Fsp3) is 0.538. The minimum atomic E-state index is -4.40. The van der Waals surface area contributed by atoms with E-state index >= 15 is 0 Å². The van der Waals surface area contributed by atoms with E-state index in [0.717, 1.165) is 25.0 Å². The Morgan fingerprint density at radius 3 is 2.42 bits per heavy atom. The zero-order valence-electron chi connectivity index (χ0n) is 10.8. The summed E-state index contributed by atoms with van der Waals surface area (Å²) >= 11 is 0. The molecule has 6 heteroatoms. The summed E-state index contributed by atoms with van der Waals surface area (Å²) < 4.78 is 43.1. The Kier molecular flexibility index (Phi) is 5.62. The number of nitrogens with two attached hydrogens (primary N) is 2. The molecule has 0 saturated carbocycles. The van der Waals surface area contributed by atoms with Gasteiger partial charge in [0.2, 0.25) is 0 Å². The number of hydrogen-bond acceptors (Lipinski definition) is 3. The number of ether oxygens (including phenoxy) is 1. The number of halogens is 3. The van der Waals surface area contributed by atoms with Crippen LogP contribution in [0.4, 0.5) is 13.2 Å². The Morgan fingerprint density at radius 2 is 1.89 bits per heavy atom. The van der Waals surface area contributed by atoms with Crippen LogP contribution in [0.15, 0.2) is 18.2 Å². The van der Waals surface area contributed by atoms with E-state index in [-0.39, 0.29) is 5.75 Å². The van der Waals surface area contributed by atoms with E-state index in [1.807, 2.05) is 0 Å². The summed E-state index contributed by atoms with van der Waals surface area (Å²) in [7, 11) is 1.33. The van der Waals surface area contributed by atoms with Crippen LogP contribution < -0.4 is 16.2 Å². The number of alkyl halides is 3. The molecular weight excluding hydrogens is 257 g/mol. The summed E-state index contributed by atoms with van der Waals surface area (Å²) in [6, 6.07) is 3.15. The minimum Gasteiger partial charge on any atom is -0.497 e. The monoisotopic (exact) mass is 276 g/mol. The topological polar surface area (TPSA) is 61.3 Å². The van der Waals surface area contributed by atoms with E-state index in [0.29, 0.717) is 18.5 Å². The van der Waals surface area contributed by atoms with Crippen LogP contribution in [-0.4, -0.2) is 13.7 Å². The van der Waals surface area contributed by atoms with Gasteiger partial charge in [-0.05, 0) is 43.1 Å². The van der Waals surface area contributed by atoms with Gasteiger partial charge in [-0.2, -0.15) is 13.2 Å². The van der Waals surface area contributed by atoms with E-state index in [1.165, 1.54) is 7.11 Å². The molecule has 0 spiro atoms. The van der Waals surface area contributed by atoms with Crippen molar-refractivity contribution in [2.24, 2.45) is 11.5 Å². The van der Waals surface area contributed by atoms with Crippen molar-refractivity contribution in [1.29, 1.82) is 0 Å².